The zero-order valence-corrected chi connectivity index (χ0v) is 19.9. The van der Waals surface area contributed by atoms with E-state index in [1.807, 2.05) is 72.8 Å². The van der Waals surface area contributed by atoms with Gasteiger partial charge in [0.25, 0.3) is 5.69 Å². The van der Waals surface area contributed by atoms with Crippen molar-refractivity contribution in [2.45, 2.75) is 6.61 Å². The summed E-state index contributed by atoms with van der Waals surface area (Å²) in [6, 6.07) is 18.2. The molecular formula is C28H23N5O4. The Bertz CT molecular complexity index is 1600. The number of hydrogen-bond donors (Lipinski definition) is 2. The molecule has 2 aromatic carbocycles. The van der Waals surface area contributed by atoms with Gasteiger partial charge in [-0.25, -0.2) is 0 Å². The first-order valence-corrected chi connectivity index (χ1v) is 11.5. The number of benzene rings is 2. The Kier molecular flexibility index (Phi) is 6.76. The number of methoxy groups -OCH3 is 1. The quantitative estimate of drug-likeness (QED) is 0.189. The molecule has 2 N–H and O–H groups in total. The van der Waals surface area contributed by atoms with Crippen LogP contribution in [0.4, 0.5) is 5.69 Å². The number of aromatic nitrogens is 4. The highest BCUT2D eigenvalue weighted by atomic mass is 16.6. The zero-order chi connectivity index (χ0) is 25.6. The number of nitro groups is 1. The summed E-state index contributed by atoms with van der Waals surface area (Å²) in [5, 5.41) is 19.3. The minimum absolute atomic E-state index is 0.0612. The highest BCUT2D eigenvalue weighted by molar-refractivity contribution is 5.97. The number of ether oxygens (including phenoxy) is 2. The van der Waals surface area contributed by atoms with Gasteiger partial charge in [-0.3, -0.25) is 20.2 Å². The highest BCUT2D eigenvalue weighted by Crippen LogP contribution is 2.30. The normalized spacial score (nSPS) is 11.5. The number of nitro benzene ring substituents is 1. The van der Waals surface area contributed by atoms with E-state index in [1.165, 1.54) is 6.07 Å². The molecule has 0 saturated carbocycles. The van der Waals surface area contributed by atoms with E-state index in [9.17, 15) is 10.1 Å². The van der Waals surface area contributed by atoms with Crippen molar-refractivity contribution < 1.29 is 14.4 Å². The minimum Gasteiger partial charge on any atom is -0.496 e. The van der Waals surface area contributed by atoms with Crippen LogP contribution in [0.5, 0.6) is 11.5 Å². The fourth-order valence-corrected chi connectivity index (χ4v) is 3.91. The van der Waals surface area contributed by atoms with Gasteiger partial charge in [0.15, 0.2) is 0 Å². The summed E-state index contributed by atoms with van der Waals surface area (Å²) in [4.78, 5) is 18.4. The predicted molar refractivity (Wildman–Crippen MR) is 143 cm³/mol. The SMILES string of the molecule is COc1cc(OCc2ccccn2)ccc1C=Cc1cc(C=Cc2c[nH]c3cccc([N+](=O)[O-])c23)n[nH]1. The van der Waals surface area contributed by atoms with Crippen molar-refractivity contribution in [2.24, 2.45) is 0 Å². The van der Waals surface area contributed by atoms with E-state index in [2.05, 4.69) is 20.2 Å². The van der Waals surface area contributed by atoms with Gasteiger partial charge in [-0.05, 0) is 54.6 Å². The van der Waals surface area contributed by atoms with E-state index < -0.39 is 0 Å². The number of rotatable bonds is 9. The Labute approximate surface area is 212 Å². The number of nitrogens with one attached hydrogen (secondary N) is 2. The summed E-state index contributed by atoms with van der Waals surface area (Å²) in [6.07, 6.45) is 10.9. The first-order valence-electron chi connectivity index (χ1n) is 11.5. The lowest BCUT2D eigenvalue weighted by Gasteiger charge is -2.09. The second-order valence-electron chi connectivity index (χ2n) is 8.13. The van der Waals surface area contributed by atoms with Gasteiger partial charge in [-0.2, -0.15) is 5.10 Å². The molecule has 9 nitrogen and oxygen atoms in total. The Balaban J connectivity index is 1.28. The van der Waals surface area contributed by atoms with Gasteiger partial charge >= 0.3 is 0 Å². The van der Waals surface area contributed by atoms with Gasteiger partial charge in [0, 0.05) is 35.7 Å². The van der Waals surface area contributed by atoms with Crippen LogP contribution in [-0.4, -0.2) is 32.2 Å². The summed E-state index contributed by atoms with van der Waals surface area (Å²) < 4.78 is 11.4. The summed E-state index contributed by atoms with van der Waals surface area (Å²) in [6.45, 7) is 0.371. The largest absolute Gasteiger partial charge is 0.496 e. The lowest BCUT2D eigenvalue weighted by molar-refractivity contribution is -0.383. The molecule has 0 aliphatic carbocycles. The van der Waals surface area contributed by atoms with Crippen LogP contribution in [0, 0.1) is 10.1 Å². The van der Waals surface area contributed by atoms with E-state index in [-0.39, 0.29) is 10.6 Å². The van der Waals surface area contributed by atoms with Crippen LogP contribution in [0.15, 0.2) is 73.1 Å². The van der Waals surface area contributed by atoms with Gasteiger partial charge in [0.05, 0.1) is 40.0 Å². The number of aromatic amines is 2. The highest BCUT2D eigenvalue weighted by Gasteiger charge is 2.15. The number of non-ortho nitro benzene ring substituents is 1. The third-order valence-electron chi connectivity index (χ3n) is 5.72. The molecule has 0 radical (unpaired) electrons. The van der Waals surface area contributed by atoms with Gasteiger partial charge in [-0.1, -0.05) is 18.2 Å². The second kappa shape index (κ2) is 10.6. The Morgan fingerprint density at radius 2 is 1.89 bits per heavy atom. The Morgan fingerprint density at radius 1 is 1.00 bits per heavy atom. The van der Waals surface area contributed by atoms with Crippen LogP contribution in [0.1, 0.15) is 28.2 Å². The average molecular weight is 494 g/mol. The molecule has 5 aromatic rings. The molecule has 0 aliphatic heterocycles. The molecule has 9 heteroatoms. The van der Waals surface area contributed by atoms with Gasteiger partial charge in [-0.15, -0.1) is 0 Å². The van der Waals surface area contributed by atoms with E-state index in [1.54, 1.807) is 25.6 Å². The van der Waals surface area contributed by atoms with Crippen molar-refractivity contribution in [1.82, 2.24) is 20.2 Å². The van der Waals surface area contributed by atoms with Gasteiger partial charge in [0.2, 0.25) is 0 Å². The third-order valence-corrected chi connectivity index (χ3v) is 5.72. The molecule has 0 saturated heterocycles. The van der Waals surface area contributed by atoms with Crippen LogP contribution in [0.25, 0.3) is 35.2 Å². The molecule has 5 rings (SSSR count). The molecule has 0 atom stereocenters. The number of hydrogen-bond acceptors (Lipinski definition) is 6. The smallest absolute Gasteiger partial charge is 0.279 e. The number of pyridine rings is 1. The molecule has 0 spiro atoms. The van der Waals surface area contributed by atoms with Crippen molar-refractivity contribution in [1.29, 1.82) is 0 Å². The van der Waals surface area contributed by atoms with E-state index in [0.29, 0.717) is 34.7 Å². The zero-order valence-electron chi connectivity index (χ0n) is 19.9. The van der Waals surface area contributed by atoms with E-state index >= 15 is 0 Å². The lowest BCUT2D eigenvalue weighted by atomic mass is 10.1. The van der Waals surface area contributed by atoms with Crippen molar-refractivity contribution >= 4 is 40.9 Å². The van der Waals surface area contributed by atoms with Crippen molar-refractivity contribution in [3.05, 3.63) is 111 Å². The van der Waals surface area contributed by atoms with Gasteiger partial charge < -0.3 is 14.5 Å². The Hall–Kier alpha value is -5.18. The number of H-pyrrole nitrogens is 2. The van der Waals surface area contributed by atoms with Crippen molar-refractivity contribution in [3.63, 3.8) is 0 Å². The molecule has 0 aliphatic rings. The lowest BCUT2D eigenvalue weighted by Crippen LogP contribution is -1.98. The summed E-state index contributed by atoms with van der Waals surface area (Å²) >= 11 is 0. The van der Waals surface area contributed by atoms with Gasteiger partial charge in [0.1, 0.15) is 18.1 Å². The maximum Gasteiger partial charge on any atom is 0.279 e. The van der Waals surface area contributed by atoms with Crippen LogP contribution in [0.2, 0.25) is 0 Å². The van der Waals surface area contributed by atoms with Crippen molar-refractivity contribution in [2.75, 3.05) is 7.11 Å². The van der Waals surface area contributed by atoms with Crippen LogP contribution >= 0.6 is 0 Å². The third kappa shape index (κ3) is 5.40. The first-order chi connectivity index (χ1) is 18.1. The fraction of sp³-hybridized carbons (Fsp3) is 0.0714. The number of nitrogens with zero attached hydrogens (tertiary/aromatic N) is 3. The maximum atomic E-state index is 11.4. The maximum absolute atomic E-state index is 11.4. The minimum atomic E-state index is -0.377. The molecule has 3 heterocycles. The molecule has 184 valence electrons. The molecule has 0 fully saturated rings. The molecule has 0 amide bonds. The van der Waals surface area contributed by atoms with Crippen LogP contribution in [-0.2, 0) is 6.61 Å². The summed E-state index contributed by atoms with van der Waals surface area (Å²) in [7, 11) is 1.61. The summed E-state index contributed by atoms with van der Waals surface area (Å²) in [5.41, 5.74) is 4.70. The second-order valence-corrected chi connectivity index (χ2v) is 8.13. The van der Waals surface area contributed by atoms with E-state index in [0.717, 1.165) is 22.5 Å². The van der Waals surface area contributed by atoms with Crippen LogP contribution in [0.3, 0.4) is 0 Å². The predicted octanol–water partition coefficient (Wildman–Crippen LogP) is 6.12. The monoisotopic (exact) mass is 493 g/mol. The van der Waals surface area contributed by atoms with Crippen LogP contribution < -0.4 is 9.47 Å². The molecule has 37 heavy (non-hydrogen) atoms. The molecular weight excluding hydrogens is 470 g/mol. The Morgan fingerprint density at radius 3 is 2.70 bits per heavy atom. The fourth-order valence-electron chi connectivity index (χ4n) is 3.91. The first kappa shape index (κ1) is 23.6. The molecule has 0 unspecified atom stereocenters. The van der Waals surface area contributed by atoms with Crippen molar-refractivity contribution in [3.8, 4) is 11.5 Å². The molecule has 3 aromatic heterocycles. The average Bonchev–Trinajstić information content (AvgIpc) is 3.57. The summed E-state index contributed by atoms with van der Waals surface area (Å²) in [5.74, 6) is 1.36. The standard InChI is InChI=1S/C28H23N5O4/c1-36-27-16-24(37-18-23-5-2-3-14-29-23)13-10-19(27)8-11-21-15-22(32-31-21)12-9-20-17-30-25-6-4-7-26(28(20)25)33(34)35/h2-17,30H,18H2,1H3,(H,31,32). The van der Waals surface area contributed by atoms with E-state index in [4.69, 9.17) is 9.47 Å². The molecule has 0 bridgehead atoms. The number of fused-ring (bicyclic) bond motifs is 1. The topological polar surface area (TPSA) is 119 Å².